The number of halogens is 3. The molecule has 5 nitrogen and oxygen atoms in total. The molecular weight excluding hydrogens is 452 g/mol. The summed E-state index contributed by atoms with van der Waals surface area (Å²) in [5.74, 6) is -0.186. The highest BCUT2D eigenvalue weighted by Crippen LogP contribution is 2.26. The summed E-state index contributed by atoms with van der Waals surface area (Å²) in [4.78, 5) is 4.30. The molecule has 1 saturated heterocycles. The minimum absolute atomic E-state index is 0. The Morgan fingerprint density at radius 1 is 1.39 bits per heavy atom. The van der Waals surface area contributed by atoms with Gasteiger partial charge in [0.05, 0.1) is 19.3 Å². The van der Waals surface area contributed by atoms with Gasteiger partial charge in [0.2, 0.25) is 0 Å². The molecule has 130 valence electrons. The molecule has 0 aromatic heterocycles. The van der Waals surface area contributed by atoms with Gasteiger partial charge in [-0.05, 0) is 31.5 Å². The number of rotatable bonds is 5. The SMILES string of the molecule is CC(NC(N)=NCCC1(C)OCCO1)c1ccc(Cl)cc1Cl.I. The van der Waals surface area contributed by atoms with Crippen molar-refractivity contribution in [2.45, 2.75) is 32.1 Å². The Balaban J connectivity index is 0.00000264. The second-order valence-electron chi connectivity index (χ2n) is 5.38. The highest BCUT2D eigenvalue weighted by Gasteiger charge is 2.30. The molecule has 0 spiro atoms. The second-order valence-corrected chi connectivity index (χ2v) is 6.22. The Kier molecular flexibility index (Phi) is 8.37. The van der Waals surface area contributed by atoms with Gasteiger partial charge in [-0.2, -0.15) is 0 Å². The number of benzene rings is 1. The van der Waals surface area contributed by atoms with Crippen LogP contribution in [0.1, 0.15) is 31.9 Å². The smallest absolute Gasteiger partial charge is 0.189 e. The Hall–Kier alpha value is -0.280. The molecule has 2 rings (SSSR count). The number of hydrogen-bond donors (Lipinski definition) is 2. The second kappa shape index (κ2) is 9.27. The molecule has 0 aliphatic carbocycles. The lowest BCUT2D eigenvalue weighted by atomic mass is 10.1. The van der Waals surface area contributed by atoms with E-state index >= 15 is 0 Å². The van der Waals surface area contributed by atoms with Crippen LogP contribution in [0.4, 0.5) is 0 Å². The highest BCUT2D eigenvalue weighted by molar-refractivity contribution is 14.0. The summed E-state index contributed by atoms with van der Waals surface area (Å²) >= 11 is 12.1. The number of aliphatic imine (C=N–C) groups is 1. The van der Waals surface area contributed by atoms with Crippen LogP contribution in [0.5, 0.6) is 0 Å². The number of nitrogens with two attached hydrogens (primary N) is 1. The molecule has 1 atom stereocenters. The zero-order valence-corrected chi connectivity index (χ0v) is 17.0. The summed E-state index contributed by atoms with van der Waals surface area (Å²) in [5.41, 5.74) is 6.82. The van der Waals surface area contributed by atoms with Gasteiger partial charge in [-0.3, -0.25) is 4.99 Å². The lowest BCUT2D eigenvalue weighted by Crippen LogP contribution is -2.34. The summed E-state index contributed by atoms with van der Waals surface area (Å²) in [6.45, 7) is 5.65. The first-order valence-electron chi connectivity index (χ1n) is 7.19. The van der Waals surface area contributed by atoms with Crippen molar-refractivity contribution in [2.75, 3.05) is 19.8 Å². The molecule has 1 aromatic rings. The Bertz CT molecular complexity index is 552. The van der Waals surface area contributed by atoms with E-state index in [0.717, 1.165) is 5.56 Å². The van der Waals surface area contributed by atoms with Gasteiger partial charge in [0.15, 0.2) is 11.7 Å². The van der Waals surface area contributed by atoms with E-state index in [1.165, 1.54) is 0 Å². The number of ether oxygens (including phenoxy) is 2. The maximum atomic E-state index is 6.18. The summed E-state index contributed by atoms with van der Waals surface area (Å²) in [7, 11) is 0. The maximum Gasteiger partial charge on any atom is 0.189 e. The first kappa shape index (κ1) is 20.8. The van der Waals surface area contributed by atoms with Gasteiger partial charge in [-0.1, -0.05) is 29.3 Å². The largest absolute Gasteiger partial charge is 0.370 e. The van der Waals surface area contributed by atoms with E-state index in [1.807, 2.05) is 19.9 Å². The van der Waals surface area contributed by atoms with Gasteiger partial charge in [0.1, 0.15) is 0 Å². The molecule has 1 unspecified atom stereocenters. The Morgan fingerprint density at radius 3 is 2.65 bits per heavy atom. The van der Waals surface area contributed by atoms with Crippen LogP contribution in [0, 0.1) is 0 Å². The Morgan fingerprint density at radius 2 is 2.04 bits per heavy atom. The van der Waals surface area contributed by atoms with Crippen molar-refractivity contribution in [3.63, 3.8) is 0 Å². The first-order chi connectivity index (χ1) is 10.4. The van der Waals surface area contributed by atoms with Crippen LogP contribution in [0.3, 0.4) is 0 Å². The molecule has 8 heteroatoms. The summed E-state index contributed by atoms with van der Waals surface area (Å²) < 4.78 is 11.0. The normalized spacial score (nSPS) is 18.3. The predicted molar refractivity (Wildman–Crippen MR) is 105 cm³/mol. The highest BCUT2D eigenvalue weighted by atomic mass is 127. The van der Waals surface area contributed by atoms with E-state index in [-0.39, 0.29) is 30.0 Å². The van der Waals surface area contributed by atoms with Crippen molar-refractivity contribution in [1.29, 1.82) is 0 Å². The van der Waals surface area contributed by atoms with E-state index in [2.05, 4.69) is 10.3 Å². The fourth-order valence-corrected chi connectivity index (χ4v) is 2.85. The van der Waals surface area contributed by atoms with E-state index in [1.54, 1.807) is 12.1 Å². The van der Waals surface area contributed by atoms with Crippen LogP contribution in [0.15, 0.2) is 23.2 Å². The van der Waals surface area contributed by atoms with Gasteiger partial charge < -0.3 is 20.5 Å². The van der Waals surface area contributed by atoms with Gasteiger partial charge in [-0.15, -0.1) is 24.0 Å². The molecule has 0 saturated carbocycles. The number of nitrogens with zero attached hydrogens (tertiary/aromatic N) is 1. The van der Waals surface area contributed by atoms with Crippen molar-refractivity contribution in [3.8, 4) is 0 Å². The molecule has 0 radical (unpaired) electrons. The summed E-state index contributed by atoms with van der Waals surface area (Å²) in [6, 6.07) is 5.31. The van der Waals surface area contributed by atoms with Gasteiger partial charge in [0.25, 0.3) is 0 Å². The molecule has 3 N–H and O–H groups in total. The first-order valence-corrected chi connectivity index (χ1v) is 7.94. The van der Waals surface area contributed by atoms with Crippen molar-refractivity contribution in [2.24, 2.45) is 10.7 Å². The predicted octanol–water partition coefficient (Wildman–Crippen LogP) is 3.73. The van der Waals surface area contributed by atoms with Crippen LogP contribution < -0.4 is 11.1 Å². The maximum absolute atomic E-state index is 6.18. The van der Waals surface area contributed by atoms with Gasteiger partial charge in [-0.25, -0.2) is 0 Å². The van der Waals surface area contributed by atoms with E-state index in [9.17, 15) is 0 Å². The fourth-order valence-electron chi connectivity index (χ4n) is 2.28. The summed E-state index contributed by atoms with van der Waals surface area (Å²) in [5, 5.41) is 4.31. The molecule has 1 aliphatic heterocycles. The topological polar surface area (TPSA) is 68.9 Å². The Labute approximate surface area is 163 Å². The zero-order valence-electron chi connectivity index (χ0n) is 13.1. The van der Waals surface area contributed by atoms with E-state index in [4.69, 9.17) is 38.4 Å². The summed E-state index contributed by atoms with van der Waals surface area (Å²) in [6.07, 6.45) is 0.658. The van der Waals surface area contributed by atoms with Crippen LogP contribution >= 0.6 is 47.2 Å². The fraction of sp³-hybridized carbons (Fsp3) is 0.533. The molecule has 1 aromatic carbocycles. The van der Waals surface area contributed by atoms with Crippen LogP contribution in [0.25, 0.3) is 0 Å². The molecule has 23 heavy (non-hydrogen) atoms. The minimum atomic E-state index is -0.547. The van der Waals surface area contributed by atoms with Gasteiger partial charge in [0, 0.05) is 23.0 Å². The average Bonchev–Trinajstić information content (AvgIpc) is 2.85. The van der Waals surface area contributed by atoms with Crippen molar-refractivity contribution >= 4 is 53.1 Å². The van der Waals surface area contributed by atoms with Crippen molar-refractivity contribution < 1.29 is 9.47 Å². The number of guanidine groups is 1. The third-order valence-corrected chi connectivity index (χ3v) is 4.10. The third kappa shape index (κ3) is 6.26. The third-order valence-electron chi connectivity index (χ3n) is 3.54. The monoisotopic (exact) mass is 473 g/mol. The van der Waals surface area contributed by atoms with E-state index in [0.29, 0.717) is 42.2 Å². The van der Waals surface area contributed by atoms with Crippen LogP contribution in [-0.4, -0.2) is 31.5 Å². The average molecular weight is 474 g/mol. The molecule has 0 amide bonds. The molecule has 1 heterocycles. The van der Waals surface area contributed by atoms with Crippen LogP contribution in [-0.2, 0) is 9.47 Å². The molecule has 0 bridgehead atoms. The van der Waals surface area contributed by atoms with Crippen molar-refractivity contribution in [3.05, 3.63) is 33.8 Å². The molecule has 1 fully saturated rings. The lowest BCUT2D eigenvalue weighted by molar-refractivity contribution is -0.144. The van der Waals surface area contributed by atoms with Crippen LogP contribution in [0.2, 0.25) is 10.0 Å². The van der Waals surface area contributed by atoms with Crippen molar-refractivity contribution in [1.82, 2.24) is 5.32 Å². The molecule has 1 aliphatic rings. The van der Waals surface area contributed by atoms with E-state index < -0.39 is 5.79 Å². The number of hydrogen-bond acceptors (Lipinski definition) is 3. The molecular formula is C15H22Cl2IN3O2. The number of nitrogens with one attached hydrogen (secondary N) is 1. The zero-order chi connectivity index (χ0) is 16.2. The van der Waals surface area contributed by atoms with Gasteiger partial charge >= 0.3 is 0 Å². The quantitative estimate of drug-likeness (QED) is 0.388. The minimum Gasteiger partial charge on any atom is -0.370 e. The lowest BCUT2D eigenvalue weighted by Gasteiger charge is -2.21. The standard InChI is InChI=1S/C15H21Cl2N3O2.HI/c1-10(12-4-3-11(16)9-13(12)17)20-14(18)19-6-5-15(2)21-7-8-22-15;/h3-4,9-10H,5-8H2,1-2H3,(H3,18,19,20);1H.